The number of nitrogens with zero attached hydrogens (tertiary/aromatic N) is 2. The van der Waals surface area contributed by atoms with Gasteiger partial charge in [-0.25, -0.2) is 0 Å². The maximum atomic E-state index is 11.0. The highest BCUT2D eigenvalue weighted by Crippen LogP contribution is 2.30. The first kappa shape index (κ1) is 15.6. The van der Waals surface area contributed by atoms with Gasteiger partial charge >= 0.3 is 5.69 Å². The zero-order valence-corrected chi connectivity index (χ0v) is 12.8. The van der Waals surface area contributed by atoms with Gasteiger partial charge in [0.25, 0.3) is 0 Å². The number of nitrogens with one attached hydrogen (secondary N) is 1. The van der Waals surface area contributed by atoms with Gasteiger partial charge in [0.15, 0.2) is 5.75 Å². The molecular formula is C15H23N3O3. The lowest BCUT2D eigenvalue weighted by Gasteiger charge is -2.35. The molecule has 6 heteroatoms. The van der Waals surface area contributed by atoms with E-state index in [2.05, 4.69) is 24.1 Å². The number of ether oxygens (including phenoxy) is 1. The van der Waals surface area contributed by atoms with Crippen molar-refractivity contribution < 1.29 is 9.66 Å². The van der Waals surface area contributed by atoms with Crippen LogP contribution in [0.25, 0.3) is 0 Å². The van der Waals surface area contributed by atoms with Crippen LogP contribution in [0.15, 0.2) is 18.2 Å². The molecule has 0 bridgehead atoms. The lowest BCUT2D eigenvalue weighted by molar-refractivity contribution is -0.385. The standard InChI is InChI=1S/C15H23N3O3/c1-11(2)17-8-6-12(7-9-17)16-13-4-5-15(21-3)14(10-13)18(19)20/h4-5,10-12,16H,6-9H2,1-3H3. The molecule has 0 unspecified atom stereocenters. The predicted octanol–water partition coefficient (Wildman–Crippen LogP) is 2.89. The van der Waals surface area contributed by atoms with Crippen LogP contribution < -0.4 is 10.1 Å². The molecule has 2 rings (SSSR count). The van der Waals surface area contributed by atoms with Crippen LogP contribution in [0.4, 0.5) is 11.4 Å². The quantitative estimate of drug-likeness (QED) is 0.668. The number of hydrogen-bond donors (Lipinski definition) is 1. The number of piperidine rings is 1. The number of nitro groups is 1. The topological polar surface area (TPSA) is 67.6 Å². The predicted molar refractivity (Wildman–Crippen MR) is 83.0 cm³/mol. The first-order valence-corrected chi connectivity index (χ1v) is 7.34. The number of hydrogen-bond acceptors (Lipinski definition) is 5. The molecule has 1 saturated heterocycles. The van der Waals surface area contributed by atoms with Gasteiger partial charge in [0.05, 0.1) is 12.0 Å². The fourth-order valence-electron chi connectivity index (χ4n) is 2.72. The molecule has 1 aromatic carbocycles. The summed E-state index contributed by atoms with van der Waals surface area (Å²) in [7, 11) is 1.44. The van der Waals surface area contributed by atoms with Crippen LogP contribution in [0.3, 0.4) is 0 Å². The number of nitro benzene ring substituents is 1. The van der Waals surface area contributed by atoms with Gasteiger partial charge < -0.3 is 15.0 Å². The highest BCUT2D eigenvalue weighted by atomic mass is 16.6. The molecule has 0 aromatic heterocycles. The zero-order chi connectivity index (χ0) is 15.4. The summed E-state index contributed by atoms with van der Waals surface area (Å²) in [6, 6.07) is 5.97. The van der Waals surface area contributed by atoms with Crippen molar-refractivity contribution in [1.82, 2.24) is 4.90 Å². The van der Waals surface area contributed by atoms with Crippen LogP contribution in [0.1, 0.15) is 26.7 Å². The Labute approximate surface area is 125 Å². The molecule has 0 spiro atoms. The minimum atomic E-state index is -0.411. The van der Waals surface area contributed by atoms with Gasteiger partial charge in [-0.15, -0.1) is 0 Å². The van der Waals surface area contributed by atoms with Gasteiger partial charge in [0.2, 0.25) is 0 Å². The van der Waals surface area contributed by atoms with E-state index in [1.54, 1.807) is 12.1 Å². The molecular weight excluding hydrogens is 270 g/mol. The normalized spacial score (nSPS) is 17.0. The first-order valence-electron chi connectivity index (χ1n) is 7.34. The van der Waals surface area contributed by atoms with Crippen molar-refractivity contribution >= 4 is 11.4 Å². The molecule has 0 radical (unpaired) electrons. The number of likely N-dealkylation sites (tertiary alicyclic amines) is 1. The van der Waals surface area contributed by atoms with Crippen molar-refractivity contribution in [3.8, 4) is 5.75 Å². The summed E-state index contributed by atoms with van der Waals surface area (Å²) in [5, 5.41) is 14.4. The third kappa shape index (κ3) is 3.85. The second-order valence-electron chi connectivity index (χ2n) is 5.69. The molecule has 0 aliphatic carbocycles. The molecule has 1 N–H and O–H groups in total. The fourth-order valence-corrected chi connectivity index (χ4v) is 2.72. The molecule has 1 aliphatic rings. The summed E-state index contributed by atoms with van der Waals surface area (Å²) in [6.45, 7) is 6.54. The van der Waals surface area contributed by atoms with Crippen molar-refractivity contribution in [2.24, 2.45) is 0 Å². The zero-order valence-electron chi connectivity index (χ0n) is 12.8. The largest absolute Gasteiger partial charge is 0.490 e. The lowest BCUT2D eigenvalue weighted by Crippen LogP contribution is -2.42. The van der Waals surface area contributed by atoms with Crippen LogP contribution in [0.5, 0.6) is 5.75 Å². The van der Waals surface area contributed by atoms with E-state index in [4.69, 9.17) is 4.74 Å². The van der Waals surface area contributed by atoms with E-state index in [1.165, 1.54) is 7.11 Å². The monoisotopic (exact) mass is 293 g/mol. The Morgan fingerprint density at radius 1 is 1.38 bits per heavy atom. The van der Waals surface area contributed by atoms with Crippen molar-refractivity contribution in [3.63, 3.8) is 0 Å². The summed E-state index contributed by atoms with van der Waals surface area (Å²) < 4.78 is 5.02. The Kier molecular flexibility index (Phi) is 5.01. The van der Waals surface area contributed by atoms with Gasteiger partial charge in [-0.3, -0.25) is 10.1 Å². The van der Waals surface area contributed by atoms with Gasteiger partial charge in [0.1, 0.15) is 0 Å². The molecule has 0 amide bonds. The smallest absolute Gasteiger partial charge is 0.312 e. The Morgan fingerprint density at radius 3 is 2.57 bits per heavy atom. The second-order valence-corrected chi connectivity index (χ2v) is 5.69. The van der Waals surface area contributed by atoms with Crippen molar-refractivity contribution in [3.05, 3.63) is 28.3 Å². The molecule has 1 heterocycles. The summed E-state index contributed by atoms with van der Waals surface area (Å²) in [5.74, 6) is 0.292. The summed E-state index contributed by atoms with van der Waals surface area (Å²) in [6.07, 6.45) is 2.11. The average Bonchev–Trinajstić information content (AvgIpc) is 2.47. The van der Waals surface area contributed by atoms with Crippen LogP contribution in [-0.2, 0) is 0 Å². The number of anilines is 1. The van der Waals surface area contributed by atoms with E-state index in [0.29, 0.717) is 17.8 Å². The van der Waals surface area contributed by atoms with Crippen LogP contribution >= 0.6 is 0 Å². The Balaban J connectivity index is 2.01. The maximum absolute atomic E-state index is 11.0. The highest BCUT2D eigenvalue weighted by molar-refractivity contribution is 5.58. The third-order valence-corrected chi connectivity index (χ3v) is 4.01. The summed E-state index contributed by atoms with van der Waals surface area (Å²) >= 11 is 0. The minimum absolute atomic E-state index is 0.00196. The molecule has 21 heavy (non-hydrogen) atoms. The molecule has 116 valence electrons. The first-order chi connectivity index (χ1) is 10.0. The van der Waals surface area contributed by atoms with Gasteiger partial charge in [-0.05, 0) is 38.8 Å². The number of methoxy groups -OCH3 is 1. The van der Waals surface area contributed by atoms with Crippen LogP contribution in [-0.4, -0.2) is 42.1 Å². The third-order valence-electron chi connectivity index (χ3n) is 4.01. The molecule has 6 nitrogen and oxygen atoms in total. The van der Waals surface area contributed by atoms with Crippen molar-refractivity contribution in [1.29, 1.82) is 0 Å². The van der Waals surface area contributed by atoms with E-state index in [9.17, 15) is 10.1 Å². The second kappa shape index (κ2) is 6.76. The molecule has 1 aromatic rings. The van der Waals surface area contributed by atoms with Gasteiger partial charge in [-0.1, -0.05) is 0 Å². The molecule has 0 atom stereocenters. The summed E-state index contributed by atoms with van der Waals surface area (Å²) in [5.41, 5.74) is 0.785. The summed E-state index contributed by atoms with van der Waals surface area (Å²) in [4.78, 5) is 13.1. The Bertz CT molecular complexity index is 497. The number of benzene rings is 1. The average molecular weight is 293 g/mol. The van der Waals surface area contributed by atoms with E-state index in [-0.39, 0.29) is 5.69 Å². The van der Waals surface area contributed by atoms with Gasteiger partial charge in [-0.2, -0.15) is 0 Å². The number of rotatable bonds is 5. The van der Waals surface area contributed by atoms with E-state index in [0.717, 1.165) is 31.6 Å². The van der Waals surface area contributed by atoms with Crippen LogP contribution in [0, 0.1) is 10.1 Å². The van der Waals surface area contributed by atoms with Gasteiger partial charge in [0, 0.05) is 36.9 Å². The Morgan fingerprint density at radius 2 is 2.05 bits per heavy atom. The van der Waals surface area contributed by atoms with Crippen molar-refractivity contribution in [2.45, 2.75) is 38.8 Å². The SMILES string of the molecule is COc1ccc(NC2CCN(C(C)C)CC2)cc1[N+](=O)[O-]. The van der Waals surface area contributed by atoms with E-state index in [1.807, 2.05) is 6.07 Å². The molecule has 0 saturated carbocycles. The highest BCUT2D eigenvalue weighted by Gasteiger charge is 2.22. The maximum Gasteiger partial charge on any atom is 0.312 e. The fraction of sp³-hybridized carbons (Fsp3) is 0.600. The molecule has 1 fully saturated rings. The minimum Gasteiger partial charge on any atom is -0.490 e. The van der Waals surface area contributed by atoms with Crippen LogP contribution in [0.2, 0.25) is 0 Å². The van der Waals surface area contributed by atoms with Crippen molar-refractivity contribution in [2.75, 3.05) is 25.5 Å². The lowest BCUT2D eigenvalue weighted by atomic mass is 10.0. The Hall–Kier alpha value is -1.82. The molecule has 1 aliphatic heterocycles. The van der Waals surface area contributed by atoms with E-state index >= 15 is 0 Å². The van der Waals surface area contributed by atoms with E-state index < -0.39 is 4.92 Å².